The minimum absolute atomic E-state index is 0.0272. The highest BCUT2D eigenvalue weighted by molar-refractivity contribution is 6.06. The summed E-state index contributed by atoms with van der Waals surface area (Å²) in [7, 11) is 0. The van der Waals surface area contributed by atoms with E-state index in [2.05, 4.69) is 53.0 Å². The topological polar surface area (TPSA) is 68.8 Å². The van der Waals surface area contributed by atoms with Gasteiger partial charge in [0.05, 0.1) is 23.8 Å². The molecule has 6 rings (SSSR count). The fourth-order valence-corrected chi connectivity index (χ4v) is 5.38. The van der Waals surface area contributed by atoms with Crippen LogP contribution in [0.25, 0.3) is 21.7 Å². The second kappa shape index (κ2) is 9.65. The molecule has 0 bridgehead atoms. The molecule has 2 aliphatic heterocycles. The predicted molar refractivity (Wildman–Crippen MR) is 145 cm³/mol. The molecule has 0 spiro atoms. The normalized spacial score (nSPS) is 20.4. The van der Waals surface area contributed by atoms with Crippen molar-refractivity contribution in [2.45, 2.75) is 32.2 Å². The molecule has 1 fully saturated rings. The Morgan fingerprint density at radius 3 is 2.75 bits per heavy atom. The average molecular weight is 477 g/mol. The molecule has 3 aromatic rings. The maximum atomic E-state index is 13.6. The Morgan fingerprint density at radius 1 is 1.11 bits per heavy atom. The van der Waals surface area contributed by atoms with Crippen LogP contribution in [-0.4, -0.2) is 41.9 Å². The van der Waals surface area contributed by atoms with Gasteiger partial charge in [0.2, 0.25) is 0 Å². The van der Waals surface area contributed by atoms with E-state index >= 15 is 0 Å². The highest BCUT2D eigenvalue weighted by Crippen LogP contribution is 2.30. The fourth-order valence-electron chi connectivity index (χ4n) is 5.38. The first-order valence-electron chi connectivity index (χ1n) is 12.5. The molecular formula is C30H28N4O2. The quantitative estimate of drug-likeness (QED) is 0.387. The van der Waals surface area contributed by atoms with Gasteiger partial charge >= 0.3 is 0 Å². The largest absolute Gasteiger partial charge is 0.381 e. The third-order valence-corrected chi connectivity index (χ3v) is 7.36. The molecule has 0 radical (unpaired) electrons. The number of aromatic nitrogens is 2. The number of rotatable bonds is 4. The van der Waals surface area contributed by atoms with Gasteiger partial charge in [-0.15, -0.1) is 5.73 Å². The Bertz CT molecular complexity index is 1590. The first kappa shape index (κ1) is 22.6. The summed E-state index contributed by atoms with van der Waals surface area (Å²) >= 11 is 0. The highest BCUT2D eigenvalue weighted by Gasteiger charge is 2.20. The number of aliphatic imine (C=N–C) groups is 2. The monoisotopic (exact) mass is 476 g/mol. The number of ether oxygens (including phenoxy) is 1. The van der Waals surface area contributed by atoms with E-state index in [1.165, 1.54) is 5.57 Å². The summed E-state index contributed by atoms with van der Waals surface area (Å²) in [4.78, 5) is 27.0. The average Bonchev–Trinajstić information content (AvgIpc) is 3.11. The van der Waals surface area contributed by atoms with E-state index in [9.17, 15) is 4.79 Å². The molecule has 3 heterocycles. The van der Waals surface area contributed by atoms with Crippen molar-refractivity contribution in [3.8, 4) is 0 Å². The number of hydrogen-bond acceptors (Lipinski definition) is 5. The zero-order valence-corrected chi connectivity index (χ0v) is 20.4. The Balaban J connectivity index is 1.43. The lowest BCUT2D eigenvalue weighted by Gasteiger charge is -2.24. The fraction of sp³-hybridized carbons (Fsp3) is 0.300. The first-order chi connectivity index (χ1) is 17.7. The lowest BCUT2D eigenvalue weighted by atomic mass is 9.93. The van der Waals surface area contributed by atoms with Crippen LogP contribution in [0.3, 0.4) is 0 Å². The van der Waals surface area contributed by atoms with Gasteiger partial charge in [0.15, 0.2) is 0 Å². The van der Waals surface area contributed by atoms with E-state index in [0.29, 0.717) is 31.6 Å². The Labute approximate surface area is 209 Å². The summed E-state index contributed by atoms with van der Waals surface area (Å²) < 4.78 is 7.31. The zero-order chi connectivity index (χ0) is 24.5. The van der Waals surface area contributed by atoms with E-state index in [1.807, 2.05) is 29.0 Å². The van der Waals surface area contributed by atoms with Crippen LogP contribution >= 0.6 is 0 Å². The highest BCUT2D eigenvalue weighted by atomic mass is 16.5. The number of allylic oxidation sites excluding steroid dienone is 4. The van der Waals surface area contributed by atoms with Gasteiger partial charge in [0, 0.05) is 36.8 Å². The second-order valence-corrected chi connectivity index (χ2v) is 9.62. The molecule has 1 aliphatic carbocycles. The van der Waals surface area contributed by atoms with Crippen molar-refractivity contribution in [2.24, 2.45) is 15.9 Å². The van der Waals surface area contributed by atoms with Gasteiger partial charge in [-0.25, -0.2) is 9.98 Å². The van der Waals surface area contributed by atoms with Gasteiger partial charge in [0.25, 0.3) is 5.56 Å². The second-order valence-electron chi connectivity index (χ2n) is 9.62. The minimum Gasteiger partial charge on any atom is -0.381 e. The van der Waals surface area contributed by atoms with Crippen molar-refractivity contribution in [1.29, 1.82) is 0 Å². The Kier molecular flexibility index (Phi) is 6.06. The van der Waals surface area contributed by atoms with Crippen LogP contribution in [0.2, 0.25) is 0 Å². The van der Waals surface area contributed by atoms with Crippen molar-refractivity contribution in [2.75, 3.05) is 19.8 Å². The number of fused-ring (bicyclic) bond motifs is 3. The van der Waals surface area contributed by atoms with Gasteiger partial charge in [-0.2, -0.15) is 0 Å². The first-order valence-corrected chi connectivity index (χ1v) is 12.5. The lowest BCUT2D eigenvalue weighted by molar-refractivity contribution is 0.0685. The van der Waals surface area contributed by atoms with Crippen LogP contribution in [0.15, 0.2) is 92.1 Å². The van der Waals surface area contributed by atoms with E-state index in [-0.39, 0.29) is 17.5 Å². The van der Waals surface area contributed by atoms with E-state index in [1.54, 1.807) is 12.7 Å². The third kappa shape index (κ3) is 4.19. The summed E-state index contributed by atoms with van der Waals surface area (Å²) in [5, 5.41) is 2.81. The number of benzene rings is 2. The van der Waals surface area contributed by atoms with E-state index in [4.69, 9.17) is 9.72 Å². The van der Waals surface area contributed by atoms with Crippen LogP contribution in [-0.2, 0) is 11.2 Å². The summed E-state index contributed by atoms with van der Waals surface area (Å²) in [6.45, 7) is 4.15. The maximum Gasteiger partial charge on any atom is 0.261 e. The molecule has 0 amide bonds. The van der Waals surface area contributed by atoms with E-state index in [0.717, 1.165) is 45.8 Å². The predicted octanol–water partition coefficient (Wildman–Crippen LogP) is 5.14. The van der Waals surface area contributed by atoms with Crippen molar-refractivity contribution >= 4 is 34.2 Å². The van der Waals surface area contributed by atoms with Crippen molar-refractivity contribution in [3.05, 3.63) is 93.3 Å². The molecule has 2 aromatic carbocycles. The lowest BCUT2D eigenvalue weighted by Crippen LogP contribution is -2.29. The molecule has 180 valence electrons. The number of nitrogens with zero attached hydrogens (tertiary/aromatic N) is 4. The third-order valence-electron chi connectivity index (χ3n) is 7.36. The zero-order valence-electron chi connectivity index (χ0n) is 20.4. The molecule has 0 N–H and O–H groups in total. The SMILES string of the molecule is CC1=C=CC(Cc2cc3c(=O)n(C4CCOCC4)cnc3c3ccccc23)=CC=C1C1C=NC=NC1. The van der Waals surface area contributed by atoms with Crippen molar-refractivity contribution < 1.29 is 4.74 Å². The van der Waals surface area contributed by atoms with Gasteiger partial charge in [0.1, 0.15) is 6.34 Å². The Hall–Kier alpha value is -3.86. The van der Waals surface area contributed by atoms with Gasteiger partial charge in [-0.05, 0) is 66.0 Å². The van der Waals surface area contributed by atoms with Crippen LogP contribution in [0.5, 0.6) is 0 Å². The minimum atomic E-state index is 0.0272. The molecule has 36 heavy (non-hydrogen) atoms. The molecule has 3 aliphatic rings. The smallest absolute Gasteiger partial charge is 0.261 e. The Morgan fingerprint density at radius 2 is 1.94 bits per heavy atom. The van der Waals surface area contributed by atoms with Crippen LogP contribution < -0.4 is 5.56 Å². The summed E-state index contributed by atoms with van der Waals surface area (Å²) in [6, 6.07) is 10.4. The molecule has 1 saturated heterocycles. The van der Waals surface area contributed by atoms with Crippen LogP contribution in [0.1, 0.15) is 31.4 Å². The molecular weight excluding hydrogens is 448 g/mol. The summed E-state index contributed by atoms with van der Waals surface area (Å²) in [6.07, 6.45) is 14.0. The van der Waals surface area contributed by atoms with Gasteiger partial charge in [-0.1, -0.05) is 36.4 Å². The summed E-state index contributed by atoms with van der Waals surface area (Å²) in [5.74, 6) is 0.169. The molecule has 6 nitrogen and oxygen atoms in total. The van der Waals surface area contributed by atoms with Crippen LogP contribution in [0.4, 0.5) is 0 Å². The van der Waals surface area contributed by atoms with E-state index < -0.39 is 0 Å². The maximum absolute atomic E-state index is 13.6. The van der Waals surface area contributed by atoms with Crippen molar-refractivity contribution in [3.63, 3.8) is 0 Å². The van der Waals surface area contributed by atoms with Gasteiger partial charge < -0.3 is 4.74 Å². The molecule has 0 saturated carbocycles. The van der Waals surface area contributed by atoms with Crippen molar-refractivity contribution in [1.82, 2.24) is 9.55 Å². The van der Waals surface area contributed by atoms with Gasteiger partial charge in [-0.3, -0.25) is 14.4 Å². The number of hydrogen-bond donors (Lipinski definition) is 0. The molecule has 1 atom stereocenters. The molecule has 1 aromatic heterocycles. The summed E-state index contributed by atoms with van der Waals surface area (Å²) in [5.41, 5.74) is 8.80. The molecule has 6 heteroatoms. The van der Waals surface area contributed by atoms with Crippen LogP contribution in [0, 0.1) is 5.92 Å². The molecule has 1 unspecified atom stereocenters. The standard InChI is InChI=1S/C30H28N4O2/c1-20-6-7-21(8-9-25(20)23-16-31-18-32-17-23)14-22-15-28-29(27-5-3-2-4-26(22)27)33-19-34(30(28)35)24-10-12-36-13-11-24/h2-5,7-9,15-16,18-19,23-24H,10-14,17H2,1H3.